The van der Waals surface area contributed by atoms with E-state index in [1.165, 1.54) is 4.90 Å². The number of carbonyl (C=O) groups is 2. The summed E-state index contributed by atoms with van der Waals surface area (Å²) in [7, 11) is -3.75. The minimum Gasteiger partial charge on any atom is -0.355 e. The van der Waals surface area contributed by atoms with Crippen LogP contribution in [0.15, 0.2) is 46.9 Å². The van der Waals surface area contributed by atoms with E-state index in [1.807, 2.05) is 52.0 Å². The molecule has 2 aromatic rings. The molecular formula is C24H32BrN3O4S. The summed E-state index contributed by atoms with van der Waals surface area (Å²) in [6.07, 6.45) is 1.48. The van der Waals surface area contributed by atoms with Crippen LogP contribution in [0.5, 0.6) is 0 Å². The van der Waals surface area contributed by atoms with E-state index < -0.39 is 28.5 Å². The number of aryl methyl sites for hydroxylation is 2. The summed E-state index contributed by atoms with van der Waals surface area (Å²) < 4.78 is 27.2. The van der Waals surface area contributed by atoms with Crippen molar-refractivity contribution >= 4 is 43.5 Å². The lowest BCUT2D eigenvalue weighted by Gasteiger charge is -2.33. The Morgan fingerprint density at radius 3 is 2.33 bits per heavy atom. The molecule has 2 amide bonds. The largest absolute Gasteiger partial charge is 0.355 e. The van der Waals surface area contributed by atoms with Gasteiger partial charge in [0, 0.05) is 17.6 Å². The number of nitrogens with one attached hydrogen (secondary N) is 1. The Bertz CT molecular complexity index is 1100. The van der Waals surface area contributed by atoms with Crippen molar-refractivity contribution in [3.8, 4) is 0 Å². The zero-order chi connectivity index (χ0) is 24.8. The van der Waals surface area contributed by atoms with Gasteiger partial charge in [-0.1, -0.05) is 52.7 Å². The zero-order valence-electron chi connectivity index (χ0n) is 19.8. The van der Waals surface area contributed by atoms with Crippen molar-refractivity contribution in [2.45, 2.75) is 46.7 Å². The molecule has 0 saturated heterocycles. The lowest BCUT2D eigenvalue weighted by atomic mass is 10.1. The number of rotatable bonds is 10. The Morgan fingerprint density at radius 2 is 1.79 bits per heavy atom. The van der Waals surface area contributed by atoms with Crippen LogP contribution in [0.2, 0.25) is 0 Å². The number of sulfonamides is 1. The van der Waals surface area contributed by atoms with Gasteiger partial charge in [0.15, 0.2) is 0 Å². The highest BCUT2D eigenvalue weighted by Gasteiger charge is 2.31. The van der Waals surface area contributed by atoms with Gasteiger partial charge in [0.2, 0.25) is 21.8 Å². The van der Waals surface area contributed by atoms with E-state index in [0.717, 1.165) is 31.7 Å². The quantitative estimate of drug-likeness (QED) is 0.499. The summed E-state index contributed by atoms with van der Waals surface area (Å²) in [5.41, 5.74) is 3.15. The van der Waals surface area contributed by atoms with Crippen molar-refractivity contribution in [3.63, 3.8) is 0 Å². The third-order valence-electron chi connectivity index (χ3n) is 5.28. The minimum absolute atomic E-state index is 0.202. The highest BCUT2D eigenvalue weighted by molar-refractivity contribution is 9.10. The summed E-state index contributed by atoms with van der Waals surface area (Å²) in [5.74, 6) is -0.702. The molecule has 9 heteroatoms. The number of amides is 2. The molecule has 2 aromatic carbocycles. The molecule has 0 spiro atoms. The third-order valence-corrected chi connectivity index (χ3v) is 7.31. The van der Waals surface area contributed by atoms with Crippen LogP contribution in [0, 0.1) is 13.8 Å². The van der Waals surface area contributed by atoms with E-state index >= 15 is 0 Å². The average Bonchev–Trinajstić information content (AvgIpc) is 2.73. The number of benzene rings is 2. The molecule has 33 heavy (non-hydrogen) atoms. The summed E-state index contributed by atoms with van der Waals surface area (Å²) >= 11 is 3.42. The smallest absolute Gasteiger partial charge is 0.244 e. The standard InChI is InChI=1S/C24H32BrN3O4S/c1-6-22(24(30)26-7-2)27(15-19-10-8-9-17(3)13-19)23(29)16-28(33(5,31)32)20-11-12-21(25)18(4)14-20/h8-14,22H,6-7,15-16H2,1-5H3,(H,26,30)/t22-/m0/s1. The third kappa shape index (κ3) is 7.30. The van der Waals surface area contributed by atoms with Gasteiger partial charge in [-0.2, -0.15) is 0 Å². The SMILES string of the molecule is CCNC(=O)[C@H](CC)N(Cc1cccc(C)c1)C(=O)CN(c1ccc(Br)c(C)c1)S(C)(=O)=O. The van der Waals surface area contributed by atoms with Gasteiger partial charge in [-0.15, -0.1) is 0 Å². The van der Waals surface area contributed by atoms with Gasteiger partial charge in [0.25, 0.3) is 0 Å². The Labute approximate surface area is 205 Å². The molecule has 1 N–H and O–H groups in total. The molecule has 0 aliphatic carbocycles. The van der Waals surface area contributed by atoms with Gasteiger partial charge in [-0.3, -0.25) is 13.9 Å². The molecule has 1 atom stereocenters. The number of halogens is 1. The summed E-state index contributed by atoms with van der Waals surface area (Å²) in [6, 6.07) is 12.1. The number of carbonyl (C=O) groups excluding carboxylic acids is 2. The minimum atomic E-state index is -3.75. The lowest BCUT2D eigenvalue weighted by Crippen LogP contribution is -2.52. The van der Waals surface area contributed by atoms with Gasteiger partial charge >= 0.3 is 0 Å². The van der Waals surface area contributed by atoms with Crippen LogP contribution in [-0.4, -0.2) is 50.5 Å². The van der Waals surface area contributed by atoms with Crippen LogP contribution in [0.3, 0.4) is 0 Å². The first-order valence-corrected chi connectivity index (χ1v) is 13.5. The van der Waals surface area contributed by atoms with Crippen LogP contribution in [0.1, 0.15) is 37.0 Å². The fourth-order valence-corrected chi connectivity index (χ4v) is 4.70. The number of likely N-dealkylation sites (N-methyl/N-ethyl adjacent to an activating group) is 1. The van der Waals surface area contributed by atoms with E-state index in [4.69, 9.17) is 0 Å². The molecule has 0 fully saturated rings. The normalized spacial score (nSPS) is 12.2. The maximum atomic E-state index is 13.6. The van der Waals surface area contributed by atoms with E-state index in [1.54, 1.807) is 18.2 Å². The van der Waals surface area contributed by atoms with Gasteiger partial charge < -0.3 is 10.2 Å². The molecule has 180 valence electrons. The maximum Gasteiger partial charge on any atom is 0.244 e. The highest BCUT2D eigenvalue weighted by Crippen LogP contribution is 2.25. The first-order valence-electron chi connectivity index (χ1n) is 10.8. The zero-order valence-corrected chi connectivity index (χ0v) is 22.2. The Hall–Kier alpha value is -2.39. The molecule has 0 unspecified atom stereocenters. The maximum absolute atomic E-state index is 13.6. The first kappa shape index (κ1) is 26.9. The van der Waals surface area contributed by atoms with Gasteiger partial charge in [0.05, 0.1) is 11.9 Å². The highest BCUT2D eigenvalue weighted by atomic mass is 79.9. The van der Waals surface area contributed by atoms with Crippen LogP contribution < -0.4 is 9.62 Å². The van der Waals surface area contributed by atoms with Crippen LogP contribution in [0.4, 0.5) is 5.69 Å². The molecule has 0 aliphatic heterocycles. The molecule has 0 bridgehead atoms. The Morgan fingerprint density at radius 1 is 1.09 bits per heavy atom. The molecule has 0 heterocycles. The molecule has 0 aliphatic rings. The van der Waals surface area contributed by atoms with Crippen LogP contribution in [-0.2, 0) is 26.2 Å². The second-order valence-electron chi connectivity index (χ2n) is 8.03. The van der Waals surface area contributed by atoms with Crippen molar-refractivity contribution < 1.29 is 18.0 Å². The van der Waals surface area contributed by atoms with Gasteiger partial charge in [-0.25, -0.2) is 8.42 Å². The second-order valence-corrected chi connectivity index (χ2v) is 10.8. The van der Waals surface area contributed by atoms with Crippen LogP contribution >= 0.6 is 15.9 Å². The van der Waals surface area contributed by atoms with Crippen molar-refractivity contribution in [3.05, 3.63) is 63.6 Å². The predicted molar refractivity (Wildman–Crippen MR) is 136 cm³/mol. The monoisotopic (exact) mass is 537 g/mol. The van der Waals surface area contributed by atoms with Crippen molar-refractivity contribution in [1.82, 2.24) is 10.2 Å². The molecule has 0 radical (unpaired) electrons. The fourth-order valence-electron chi connectivity index (χ4n) is 3.62. The molecular weight excluding hydrogens is 506 g/mol. The molecule has 0 aromatic heterocycles. The summed E-state index contributed by atoms with van der Waals surface area (Å²) in [6.45, 7) is 7.70. The average molecular weight is 539 g/mol. The summed E-state index contributed by atoms with van der Waals surface area (Å²) in [5, 5.41) is 2.79. The van der Waals surface area contributed by atoms with E-state index in [2.05, 4.69) is 21.2 Å². The van der Waals surface area contributed by atoms with Crippen LogP contribution in [0.25, 0.3) is 0 Å². The Balaban J connectivity index is 2.45. The Kier molecular flexibility index (Phi) is 9.48. The molecule has 0 saturated carbocycles. The van der Waals surface area contributed by atoms with E-state index in [-0.39, 0.29) is 12.5 Å². The van der Waals surface area contributed by atoms with E-state index in [0.29, 0.717) is 18.7 Å². The topological polar surface area (TPSA) is 86.8 Å². The van der Waals surface area contributed by atoms with Crippen molar-refractivity contribution in [2.24, 2.45) is 0 Å². The number of anilines is 1. The van der Waals surface area contributed by atoms with Crippen molar-refractivity contribution in [1.29, 1.82) is 0 Å². The lowest BCUT2D eigenvalue weighted by molar-refractivity contribution is -0.140. The second kappa shape index (κ2) is 11.7. The van der Waals surface area contributed by atoms with Crippen molar-refractivity contribution in [2.75, 3.05) is 23.7 Å². The summed E-state index contributed by atoms with van der Waals surface area (Å²) in [4.78, 5) is 27.8. The van der Waals surface area contributed by atoms with Gasteiger partial charge in [0.1, 0.15) is 12.6 Å². The molecule has 7 nitrogen and oxygen atoms in total. The predicted octanol–water partition coefficient (Wildman–Crippen LogP) is 3.78. The number of hydrogen-bond donors (Lipinski definition) is 1. The first-order chi connectivity index (χ1) is 15.5. The number of nitrogens with zero attached hydrogens (tertiary/aromatic N) is 2. The van der Waals surface area contributed by atoms with Gasteiger partial charge in [-0.05, 0) is 56.5 Å². The molecule has 2 rings (SSSR count). The number of hydrogen-bond acceptors (Lipinski definition) is 4. The fraction of sp³-hybridized carbons (Fsp3) is 0.417. The van der Waals surface area contributed by atoms with E-state index in [9.17, 15) is 18.0 Å².